The number of carboxylic acid groups (broad SMARTS) is 1. The summed E-state index contributed by atoms with van der Waals surface area (Å²) in [6.07, 6.45) is 3.90. The van der Waals surface area contributed by atoms with Gasteiger partial charge < -0.3 is 10.4 Å². The molecular formula is C31H26ClF2NO2. The summed E-state index contributed by atoms with van der Waals surface area (Å²) < 4.78 is 30.5. The van der Waals surface area contributed by atoms with E-state index in [0.717, 1.165) is 41.3 Å². The number of allylic oxidation sites excluding steroid dienone is 1. The van der Waals surface area contributed by atoms with E-state index in [4.69, 9.17) is 16.7 Å². The minimum atomic E-state index is -1.03. The van der Waals surface area contributed by atoms with Crippen molar-refractivity contribution in [1.29, 1.82) is 0 Å². The molecule has 2 aliphatic rings. The highest BCUT2D eigenvalue weighted by molar-refractivity contribution is 6.32. The average Bonchev–Trinajstić information content (AvgIpc) is 2.95. The van der Waals surface area contributed by atoms with Gasteiger partial charge in [0.05, 0.1) is 5.02 Å². The molecule has 0 spiro atoms. The van der Waals surface area contributed by atoms with Gasteiger partial charge in [-0.3, -0.25) is 0 Å². The monoisotopic (exact) mass is 517 g/mol. The molecular weight excluding hydrogens is 492 g/mol. The lowest BCUT2D eigenvalue weighted by molar-refractivity contribution is -0.131. The molecule has 1 aliphatic carbocycles. The molecule has 1 aliphatic heterocycles. The maximum atomic E-state index is 16.6. The Labute approximate surface area is 219 Å². The fourth-order valence-electron chi connectivity index (χ4n) is 5.33. The normalized spacial score (nSPS) is 19.6. The standard InChI is InChI=1S/C31H26ClF2NO2/c1-2-23(25-13-12-22(33)16-26(25)32)28(19-10-7-18(8-11-19)9-14-27(36)37)29-30(34)24-6-4-3-5-20(24)15-21-17-35-31(21)29/h3-14,16,21,31,35H,2,15,17H2,1H3,(H,36,37)/b14-9+,28-23+. The van der Waals surface area contributed by atoms with Crippen LogP contribution in [0.5, 0.6) is 0 Å². The van der Waals surface area contributed by atoms with Gasteiger partial charge in [0, 0.05) is 29.8 Å². The van der Waals surface area contributed by atoms with Crippen LogP contribution in [0.2, 0.25) is 5.02 Å². The number of fused-ring (bicyclic) bond motifs is 2. The van der Waals surface area contributed by atoms with E-state index in [0.29, 0.717) is 28.7 Å². The minimum Gasteiger partial charge on any atom is -0.478 e. The van der Waals surface area contributed by atoms with Crippen LogP contribution in [0.1, 0.15) is 41.2 Å². The molecule has 0 saturated carbocycles. The molecule has 1 fully saturated rings. The van der Waals surface area contributed by atoms with Gasteiger partial charge in [0.1, 0.15) is 11.6 Å². The van der Waals surface area contributed by atoms with Gasteiger partial charge in [-0.25, -0.2) is 13.6 Å². The smallest absolute Gasteiger partial charge is 0.328 e. The summed E-state index contributed by atoms with van der Waals surface area (Å²) in [5.74, 6) is -1.51. The quantitative estimate of drug-likeness (QED) is 0.264. The van der Waals surface area contributed by atoms with Crippen LogP contribution < -0.4 is 5.32 Å². The first-order valence-corrected chi connectivity index (χ1v) is 12.7. The molecule has 0 radical (unpaired) electrons. The number of hydrogen-bond acceptors (Lipinski definition) is 2. The van der Waals surface area contributed by atoms with Crippen LogP contribution in [0.4, 0.5) is 8.78 Å². The number of nitrogens with one attached hydrogen (secondary N) is 1. The summed E-state index contributed by atoms with van der Waals surface area (Å²) in [4.78, 5) is 10.9. The Morgan fingerprint density at radius 2 is 1.86 bits per heavy atom. The van der Waals surface area contributed by atoms with Crippen molar-refractivity contribution in [3.05, 3.63) is 117 Å². The molecule has 1 saturated heterocycles. The summed E-state index contributed by atoms with van der Waals surface area (Å²) in [5, 5.41) is 12.7. The molecule has 2 unspecified atom stereocenters. The Morgan fingerprint density at radius 3 is 2.51 bits per heavy atom. The van der Waals surface area contributed by atoms with Crippen molar-refractivity contribution in [2.75, 3.05) is 6.54 Å². The molecule has 3 aromatic rings. The van der Waals surface area contributed by atoms with Crippen molar-refractivity contribution in [3.63, 3.8) is 0 Å². The van der Waals surface area contributed by atoms with Crippen LogP contribution in [-0.4, -0.2) is 23.7 Å². The molecule has 5 rings (SSSR count). The fourth-order valence-corrected chi connectivity index (χ4v) is 5.61. The number of hydrogen-bond donors (Lipinski definition) is 2. The molecule has 2 N–H and O–H groups in total. The van der Waals surface area contributed by atoms with E-state index in [1.54, 1.807) is 6.07 Å². The first-order chi connectivity index (χ1) is 17.9. The largest absolute Gasteiger partial charge is 0.478 e. The van der Waals surface area contributed by atoms with E-state index in [1.807, 2.05) is 55.5 Å². The molecule has 1 heterocycles. The third-order valence-corrected chi connectivity index (χ3v) is 7.47. The highest BCUT2D eigenvalue weighted by atomic mass is 35.5. The number of benzene rings is 3. The molecule has 0 aromatic heterocycles. The number of rotatable bonds is 6. The molecule has 188 valence electrons. The average molecular weight is 518 g/mol. The minimum absolute atomic E-state index is 0.185. The predicted molar refractivity (Wildman–Crippen MR) is 145 cm³/mol. The van der Waals surface area contributed by atoms with E-state index in [9.17, 15) is 9.18 Å². The Kier molecular flexibility index (Phi) is 7.09. The Bertz CT molecular complexity index is 1460. The van der Waals surface area contributed by atoms with Crippen LogP contribution in [0.25, 0.3) is 23.0 Å². The van der Waals surface area contributed by atoms with Crippen LogP contribution in [0.3, 0.4) is 0 Å². The summed E-state index contributed by atoms with van der Waals surface area (Å²) in [7, 11) is 0. The first kappa shape index (κ1) is 25.1. The van der Waals surface area contributed by atoms with Crippen LogP contribution >= 0.6 is 11.6 Å². The van der Waals surface area contributed by atoms with Gasteiger partial charge in [-0.15, -0.1) is 0 Å². The van der Waals surface area contributed by atoms with Gasteiger partial charge in [0.25, 0.3) is 0 Å². The zero-order valence-electron chi connectivity index (χ0n) is 20.3. The number of aliphatic carboxylic acids is 1. The van der Waals surface area contributed by atoms with Crippen molar-refractivity contribution >= 4 is 40.6 Å². The lowest BCUT2D eigenvalue weighted by atomic mass is 9.77. The molecule has 3 nitrogen and oxygen atoms in total. The number of halogens is 3. The Hall–Kier alpha value is -3.54. The SMILES string of the molecule is CC/C(=C(\C1=C(F)c2ccccc2CC2CNC12)c1ccc(/C=C/C(=O)O)cc1)c1ccc(F)cc1Cl. The first-order valence-electron chi connectivity index (χ1n) is 12.3. The zero-order chi connectivity index (χ0) is 26.1. The third kappa shape index (κ3) is 4.89. The van der Waals surface area contributed by atoms with Gasteiger partial charge >= 0.3 is 5.97 Å². The van der Waals surface area contributed by atoms with Gasteiger partial charge in [-0.1, -0.05) is 73.1 Å². The van der Waals surface area contributed by atoms with Crippen molar-refractivity contribution in [1.82, 2.24) is 5.32 Å². The highest BCUT2D eigenvalue weighted by Gasteiger charge is 2.40. The van der Waals surface area contributed by atoms with E-state index in [-0.39, 0.29) is 22.8 Å². The van der Waals surface area contributed by atoms with E-state index >= 15 is 4.39 Å². The maximum absolute atomic E-state index is 16.6. The molecule has 0 bridgehead atoms. The summed E-state index contributed by atoms with van der Waals surface area (Å²) in [6.45, 7) is 2.77. The topological polar surface area (TPSA) is 49.3 Å². The second kappa shape index (κ2) is 10.4. The second-order valence-electron chi connectivity index (χ2n) is 9.36. The summed E-state index contributed by atoms with van der Waals surface area (Å²) in [6, 6.07) is 19.1. The van der Waals surface area contributed by atoms with E-state index in [2.05, 4.69) is 5.32 Å². The second-order valence-corrected chi connectivity index (χ2v) is 9.77. The van der Waals surface area contributed by atoms with Crippen molar-refractivity contribution in [2.45, 2.75) is 25.8 Å². The van der Waals surface area contributed by atoms with Gasteiger partial charge in [-0.05, 0) is 70.4 Å². The Morgan fingerprint density at radius 1 is 1.11 bits per heavy atom. The number of carbonyl (C=O) groups is 1. The summed E-state index contributed by atoms with van der Waals surface area (Å²) >= 11 is 6.53. The Balaban J connectivity index is 1.78. The molecule has 0 amide bonds. The van der Waals surface area contributed by atoms with Crippen LogP contribution in [0.15, 0.2) is 78.4 Å². The van der Waals surface area contributed by atoms with Gasteiger partial charge in [0.2, 0.25) is 0 Å². The van der Waals surface area contributed by atoms with Gasteiger partial charge in [0.15, 0.2) is 0 Å². The van der Waals surface area contributed by atoms with Gasteiger partial charge in [-0.2, -0.15) is 0 Å². The van der Waals surface area contributed by atoms with Crippen LogP contribution in [-0.2, 0) is 11.2 Å². The van der Waals surface area contributed by atoms with E-state index in [1.165, 1.54) is 18.2 Å². The molecule has 2 atom stereocenters. The highest BCUT2D eigenvalue weighted by Crippen LogP contribution is 2.47. The zero-order valence-corrected chi connectivity index (χ0v) is 21.0. The predicted octanol–water partition coefficient (Wildman–Crippen LogP) is 7.42. The lowest BCUT2D eigenvalue weighted by Crippen LogP contribution is -2.54. The lowest BCUT2D eigenvalue weighted by Gasteiger charge is -2.40. The molecule has 6 heteroatoms. The van der Waals surface area contributed by atoms with Crippen LogP contribution in [0, 0.1) is 11.7 Å². The van der Waals surface area contributed by atoms with Crippen molar-refractivity contribution in [2.24, 2.45) is 5.92 Å². The molecule has 3 aromatic carbocycles. The third-order valence-electron chi connectivity index (χ3n) is 7.15. The molecule has 37 heavy (non-hydrogen) atoms. The van der Waals surface area contributed by atoms with E-state index < -0.39 is 11.8 Å². The van der Waals surface area contributed by atoms with Crippen molar-refractivity contribution < 1.29 is 18.7 Å². The van der Waals surface area contributed by atoms with Crippen molar-refractivity contribution in [3.8, 4) is 0 Å². The maximum Gasteiger partial charge on any atom is 0.328 e. The fraction of sp³-hybridized carbons (Fsp3) is 0.194. The number of carboxylic acids is 1. The summed E-state index contributed by atoms with van der Waals surface area (Å²) in [5.41, 5.74) is 5.84.